The van der Waals surface area contributed by atoms with Gasteiger partial charge in [-0.1, -0.05) is 17.7 Å². The number of aromatic nitrogens is 1. The molecular formula is C13H12Cl2N2OS. The number of hydrogen-bond donors (Lipinski definition) is 1. The second-order valence-electron chi connectivity index (χ2n) is 4.06. The molecule has 0 aliphatic carbocycles. The maximum absolute atomic E-state index is 11.9. The number of nitrogens with one attached hydrogen (secondary N) is 1. The summed E-state index contributed by atoms with van der Waals surface area (Å²) in [6, 6.07) is 5.43. The van der Waals surface area contributed by atoms with Crippen LogP contribution in [-0.2, 0) is 17.1 Å². The number of halogens is 2. The molecule has 0 aliphatic rings. The first-order chi connectivity index (χ1) is 9.08. The predicted octanol–water partition coefficient (Wildman–Crippen LogP) is 4.02. The molecule has 0 saturated carbocycles. The fraction of sp³-hybridized carbons (Fsp3) is 0.231. The van der Waals surface area contributed by atoms with Crippen molar-refractivity contribution >= 4 is 46.1 Å². The SMILES string of the molecule is Cc1ccc(NC(=O)Cc2nc(CCl)cs2)cc1Cl. The largest absolute Gasteiger partial charge is 0.326 e. The second kappa shape index (κ2) is 6.37. The Kier molecular flexibility index (Phi) is 4.80. The number of nitrogens with zero attached hydrogens (tertiary/aromatic N) is 1. The summed E-state index contributed by atoms with van der Waals surface area (Å²) in [5.74, 6) is 0.251. The van der Waals surface area contributed by atoms with Crippen LogP contribution in [0.4, 0.5) is 5.69 Å². The molecule has 2 aromatic rings. The highest BCUT2D eigenvalue weighted by Gasteiger charge is 2.08. The monoisotopic (exact) mass is 314 g/mol. The van der Waals surface area contributed by atoms with E-state index in [1.807, 2.05) is 24.4 Å². The van der Waals surface area contributed by atoms with Crippen LogP contribution >= 0.6 is 34.5 Å². The molecule has 100 valence electrons. The molecule has 0 fully saturated rings. The van der Waals surface area contributed by atoms with Crippen molar-refractivity contribution in [3.05, 3.63) is 44.9 Å². The Labute approximate surface area is 125 Å². The lowest BCUT2D eigenvalue weighted by molar-refractivity contribution is -0.115. The summed E-state index contributed by atoms with van der Waals surface area (Å²) in [5, 5.41) is 6.05. The molecule has 2 rings (SSSR count). The fourth-order valence-electron chi connectivity index (χ4n) is 1.50. The van der Waals surface area contributed by atoms with Gasteiger partial charge in [-0.05, 0) is 24.6 Å². The van der Waals surface area contributed by atoms with Gasteiger partial charge in [0, 0.05) is 16.1 Å². The third-order valence-corrected chi connectivity index (χ3v) is 4.08. The van der Waals surface area contributed by atoms with Crippen molar-refractivity contribution in [3.63, 3.8) is 0 Å². The Balaban J connectivity index is 1.98. The van der Waals surface area contributed by atoms with Crippen molar-refractivity contribution in [2.24, 2.45) is 0 Å². The number of carbonyl (C=O) groups excluding carboxylic acids is 1. The molecular weight excluding hydrogens is 303 g/mol. The highest BCUT2D eigenvalue weighted by atomic mass is 35.5. The zero-order valence-electron chi connectivity index (χ0n) is 10.2. The van der Waals surface area contributed by atoms with Gasteiger partial charge in [-0.3, -0.25) is 4.79 Å². The Morgan fingerprint density at radius 1 is 1.47 bits per heavy atom. The third-order valence-electron chi connectivity index (χ3n) is 2.50. The molecule has 0 saturated heterocycles. The lowest BCUT2D eigenvalue weighted by atomic mass is 10.2. The van der Waals surface area contributed by atoms with Crippen LogP contribution in [0.15, 0.2) is 23.6 Å². The third kappa shape index (κ3) is 3.93. The highest BCUT2D eigenvalue weighted by Crippen LogP contribution is 2.20. The molecule has 0 unspecified atom stereocenters. The average molecular weight is 315 g/mol. The van der Waals surface area contributed by atoms with E-state index in [2.05, 4.69) is 10.3 Å². The van der Waals surface area contributed by atoms with Gasteiger partial charge in [0.25, 0.3) is 0 Å². The minimum atomic E-state index is -0.115. The lowest BCUT2D eigenvalue weighted by Gasteiger charge is -2.05. The van der Waals surface area contributed by atoms with Gasteiger partial charge >= 0.3 is 0 Å². The molecule has 3 nitrogen and oxygen atoms in total. The van der Waals surface area contributed by atoms with Gasteiger partial charge in [-0.25, -0.2) is 4.98 Å². The van der Waals surface area contributed by atoms with Crippen molar-refractivity contribution in [3.8, 4) is 0 Å². The number of rotatable bonds is 4. The number of aryl methyl sites for hydroxylation is 1. The van der Waals surface area contributed by atoms with Crippen molar-refractivity contribution in [1.82, 2.24) is 4.98 Å². The minimum absolute atomic E-state index is 0.115. The molecule has 0 spiro atoms. The highest BCUT2D eigenvalue weighted by molar-refractivity contribution is 7.09. The molecule has 6 heteroatoms. The zero-order valence-corrected chi connectivity index (χ0v) is 12.6. The van der Waals surface area contributed by atoms with Crippen molar-refractivity contribution in [2.75, 3.05) is 5.32 Å². The molecule has 19 heavy (non-hydrogen) atoms. The van der Waals surface area contributed by atoms with E-state index in [0.717, 1.165) is 16.3 Å². The molecule has 0 atom stereocenters. The summed E-state index contributed by atoms with van der Waals surface area (Å²) in [6.07, 6.45) is 0.243. The summed E-state index contributed by atoms with van der Waals surface area (Å²) in [5.41, 5.74) is 2.47. The average Bonchev–Trinajstić information content (AvgIpc) is 2.81. The molecule has 1 aromatic heterocycles. The Morgan fingerprint density at radius 2 is 2.26 bits per heavy atom. The summed E-state index contributed by atoms with van der Waals surface area (Å²) >= 11 is 13.1. The summed E-state index contributed by atoms with van der Waals surface area (Å²) in [4.78, 5) is 16.1. The Morgan fingerprint density at radius 3 is 2.89 bits per heavy atom. The lowest BCUT2D eigenvalue weighted by Crippen LogP contribution is -2.14. The maximum atomic E-state index is 11.9. The first-order valence-electron chi connectivity index (χ1n) is 5.63. The predicted molar refractivity (Wildman–Crippen MR) is 80.2 cm³/mol. The van der Waals surface area contributed by atoms with E-state index < -0.39 is 0 Å². The van der Waals surface area contributed by atoms with Crippen molar-refractivity contribution in [2.45, 2.75) is 19.2 Å². The molecule has 0 bridgehead atoms. The van der Waals surface area contributed by atoms with Crippen LogP contribution in [0.2, 0.25) is 5.02 Å². The van der Waals surface area contributed by atoms with E-state index in [4.69, 9.17) is 23.2 Å². The van der Waals surface area contributed by atoms with Crippen molar-refractivity contribution in [1.29, 1.82) is 0 Å². The number of thiazole rings is 1. The van der Waals surface area contributed by atoms with Gasteiger partial charge in [0.15, 0.2) is 0 Å². The minimum Gasteiger partial charge on any atom is -0.326 e. The number of anilines is 1. The molecule has 0 aliphatic heterocycles. The molecule has 1 aromatic carbocycles. The van der Waals surface area contributed by atoms with E-state index in [0.29, 0.717) is 16.6 Å². The van der Waals surface area contributed by atoms with E-state index in [1.165, 1.54) is 11.3 Å². The molecule has 1 heterocycles. The normalized spacial score (nSPS) is 10.5. The number of benzene rings is 1. The molecule has 0 radical (unpaired) electrons. The Hall–Kier alpha value is -1.10. The number of carbonyl (C=O) groups is 1. The van der Waals surface area contributed by atoms with Crippen LogP contribution in [0.3, 0.4) is 0 Å². The van der Waals surface area contributed by atoms with Gasteiger partial charge in [0.2, 0.25) is 5.91 Å². The fourth-order valence-corrected chi connectivity index (χ4v) is 2.71. The summed E-state index contributed by atoms with van der Waals surface area (Å²) < 4.78 is 0. The number of alkyl halides is 1. The first kappa shape index (κ1) is 14.3. The number of amides is 1. The van der Waals surface area contributed by atoms with Gasteiger partial charge < -0.3 is 5.32 Å². The van der Waals surface area contributed by atoms with Gasteiger partial charge in [-0.2, -0.15) is 0 Å². The summed E-state index contributed by atoms with van der Waals surface area (Å²) in [7, 11) is 0. The van der Waals surface area contributed by atoms with Gasteiger partial charge in [0.05, 0.1) is 18.0 Å². The van der Waals surface area contributed by atoms with Crippen LogP contribution in [-0.4, -0.2) is 10.9 Å². The quantitative estimate of drug-likeness (QED) is 0.866. The smallest absolute Gasteiger partial charge is 0.231 e. The van der Waals surface area contributed by atoms with E-state index in [1.54, 1.807) is 6.07 Å². The first-order valence-corrected chi connectivity index (χ1v) is 7.43. The van der Waals surface area contributed by atoms with Crippen LogP contribution < -0.4 is 5.32 Å². The molecule has 1 N–H and O–H groups in total. The van der Waals surface area contributed by atoms with Crippen molar-refractivity contribution < 1.29 is 4.79 Å². The zero-order chi connectivity index (χ0) is 13.8. The van der Waals surface area contributed by atoms with Crippen LogP contribution in [0.1, 0.15) is 16.3 Å². The maximum Gasteiger partial charge on any atom is 0.231 e. The standard InChI is InChI=1S/C13H12Cl2N2OS/c1-8-2-3-9(4-11(8)15)16-12(18)5-13-17-10(6-14)7-19-13/h2-4,7H,5-6H2,1H3,(H,16,18). The van der Waals surface area contributed by atoms with Crippen LogP contribution in [0.25, 0.3) is 0 Å². The van der Waals surface area contributed by atoms with E-state index in [-0.39, 0.29) is 12.3 Å². The van der Waals surface area contributed by atoms with E-state index in [9.17, 15) is 4.79 Å². The van der Waals surface area contributed by atoms with Gasteiger partial charge in [-0.15, -0.1) is 22.9 Å². The second-order valence-corrected chi connectivity index (χ2v) is 5.67. The number of hydrogen-bond acceptors (Lipinski definition) is 3. The van der Waals surface area contributed by atoms with Crippen LogP contribution in [0, 0.1) is 6.92 Å². The Bertz CT molecular complexity index is 598. The molecule has 1 amide bonds. The summed E-state index contributed by atoms with van der Waals surface area (Å²) in [6.45, 7) is 1.91. The topological polar surface area (TPSA) is 42.0 Å². The van der Waals surface area contributed by atoms with Gasteiger partial charge in [0.1, 0.15) is 5.01 Å². The van der Waals surface area contributed by atoms with E-state index >= 15 is 0 Å². The van der Waals surface area contributed by atoms with Crippen LogP contribution in [0.5, 0.6) is 0 Å².